The maximum Gasteiger partial charge on any atom is 0.129 e. The quantitative estimate of drug-likeness (QED) is 0.891. The van der Waals surface area contributed by atoms with Crippen LogP contribution in [0.4, 0.5) is 4.39 Å². The third-order valence-corrected chi connectivity index (χ3v) is 4.44. The Bertz CT molecular complexity index is 453. The van der Waals surface area contributed by atoms with E-state index in [1.165, 1.54) is 6.07 Å². The summed E-state index contributed by atoms with van der Waals surface area (Å²) in [6, 6.07) is 5.69. The van der Waals surface area contributed by atoms with Crippen molar-refractivity contribution in [2.75, 3.05) is 33.7 Å². The first-order valence-electron chi connectivity index (χ1n) is 7.08. The van der Waals surface area contributed by atoms with Crippen molar-refractivity contribution in [2.45, 2.75) is 24.9 Å². The predicted molar refractivity (Wildman–Crippen MR) is 84.2 cm³/mol. The van der Waals surface area contributed by atoms with Gasteiger partial charge < -0.3 is 10.6 Å². The molecular weight excluding hydrogens is 321 g/mol. The summed E-state index contributed by atoms with van der Waals surface area (Å²) in [7, 11) is 4.16. The fourth-order valence-corrected chi connectivity index (χ4v) is 3.43. The molecule has 0 aliphatic carbocycles. The number of benzene rings is 1. The molecule has 2 atom stereocenters. The molecule has 1 aromatic rings. The summed E-state index contributed by atoms with van der Waals surface area (Å²) in [6.45, 7) is 2.44. The van der Waals surface area contributed by atoms with Crippen molar-refractivity contribution in [1.82, 2.24) is 9.80 Å². The number of likely N-dealkylation sites (N-methyl/N-ethyl adjacent to an activating group) is 1. The van der Waals surface area contributed by atoms with Gasteiger partial charge in [0, 0.05) is 29.2 Å². The third kappa shape index (κ3) is 3.58. The van der Waals surface area contributed by atoms with Gasteiger partial charge in [-0.25, -0.2) is 4.39 Å². The SMILES string of the molecule is CN(C)CC1CCCN1C(CN)c1ccc(Br)cc1F. The summed E-state index contributed by atoms with van der Waals surface area (Å²) < 4.78 is 15.0. The van der Waals surface area contributed by atoms with Crippen LogP contribution < -0.4 is 5.73 Å². The molecule has 0 radical (unpaired) electrons. The van der Waals surface area contributed by atoms with Gasteiger partial charge in [0.1, 0.15) is 5.82 Å². The molecule has 1 aliphatic heterocycles. The lowest BCUT2D eigenvalue weighted by Gasteiger charge is -2.34. The lowest BCUT2D eigenvalue weighted by Crippen LogP contribution is -2.42. The summed E-state index contributed by atoms with van der Waals surface area (Å²) in [6.07, 6.45) is 2.32. The van der Waals surface area contributed by atoms with Crippen LogP contribution in [0.3, 0.4) is 0 Å². The Hall–Kier alpha value is -0.490. The molecule has 20 heavy (non-hydrogen) atoms. The van der Waals surface area contributed by atoms with Crippen molar-refractivity contribution in [2.24, 2.45) is 5.73 Å². The highest BCUT2D eigenvalue weighted by atomic mass is 79.9. The minimum Gasteiger partial charge on any atom is -0.329 e. The van der Waals surface area contributed by atoms with Gasteiger partial charge in [-0.3, -0.25) is 4.90 Å². The highest BCUT2D eigenvalue weighted by Gasteiger charge is 2.32. The number of nitrogens with zero attached hydrogens (tertiary/aromatic N) is 2. The van der Waals surface area contributed by atoms with Crippen LogP contribution in [-0.4, -0.2) is 49.6 Å². The molecule has 5 heteroatoms. The Balaban J connectivity index is 2.22. The molecule has 0 saturated carbocycles. The summed E-state index contributed by atoms with van der Waals surface area (Å²) in [5.74, 6) is -0.176. The van der Waals surface area contributed by atoms with E-state index in [4.69, 9.17) is 5.73 Å². The molecule has 1 saturated heterocycles. The topological polar surface area (TPSA) is 32.5 Å². The number of halogens is 2. The van der Waals surface area contributed by atoms with Gasteiger partial charge in [-0.1, -0.05) is 22.0 Å². The normalized spacial score (nSPS) is 21.6. The van der Waals surface area contributed by atoms with Gasteiger partial charge in [0.05, 0.1) is 6.04 Å². The molecular formula is C15H23BrFN3. The van der Waals surface area contributed by atoms with Crippen molar-refractivity contribution in [3.05, 3.63) is 34.1 Å². The second kappa shape index (κ2) is 6.98. The summed E-state index contributed by atoms with van der Waals surface area (Å²) in [4.78, 5) is 4.56. The number of hydrogen-bond acceptors (Lipinski definition) is 3. The first-order valence-corrected chi connectivity index (χ1v) is 7.87. The van der Waals surface area contributed by atoms with Crippen molar-refractivity contribution in [1.29, 1.82) is 0 Å². The van der Waals surface area contributed by atoms with E-state index in [-0.39, 0.29) is 11.9 Å². The molecule has 0 spiro atoms. The summed E-state index contributed by atoms with van der Waals surface area (Å²) >= 11 is 3.30. The van der Waals surface area contributed by atoms with Gasteiger partial charge in [0.2, 0.25) is 0 Å². The van der Waals surface area contributed by atoms with Crippen LogP contribution >= 0.6 is 15.9 Å². The molecule has 2 N–H and O–H groups in total. The molecule has 1 fully saturated rings. The van der Waals surface area contributed by atoms with E-state index in [1.807, 2.05) is 12.1 Å². The Kier molecular flexibility index (Phi) is 5.55. The van der Waals surface area contributed by atoms with Crippen LogP contribution in [0.2, 0.25) is 0 Å². The Morgan fingerprint density at radius 2 is 2.25 bits per heavy atom. The van der Waals surface area contributed by atoms with Crippen molar-refractivity contribution < 1.29 is 4.39 Å². The van der Waals surface area contributed by atoms with E-state index in [9.17, 15) is 4.39 Å². The van der Waals surface area contributed by atoms with Crippen LogP contribution in [-0.2, 0) is 0 Å². The van der Waals surface area contributed by atoms with Crippen molar-refractivity contribution >= 4 is 15.9 Å². The fraction of sp³-hybridized carbons (Fsp3) is 0.600. The maximum absolute atomic E-state index is 14.2. The Morgan fingerprint density at radius 3 is 2.85 bits per heavy atom. The minimum absolute atomic E-state index is 0.0319. The minimum atomic E-state index is -0.176. The predicted octanol–water partition coefficient (Wildman–Crippen LogP) is 2.61. The summed E-state index contributed by atoms with van der Waals surface area (Å²) in [5.41, 5.74) is 6.66. The third-order valence-electron chi connectivity index (χ3n) is 3.94. The van der Waals surface area contributed by atoms with E-state index >= 15 is 0 Å². The van der Waals surface area contributed by atoms with Crippen molar-refractivity contribution in [3.63, 3.8) is 0 Å². The monoisotopic (exact) mass is 343 g/mol. The second-order valence-electron chi connectivity index (χ2n) is 5.71. The second-order valence-corrected chi connectivity index (χ2v) is 6.63. The van der Waals surface area contributed by atoms with E-state index in [0.717, 1.165) is 30.4 Å². The fourth-order valence-electron chi connectivity index (χ4n) is 3.10. The average molecular weight is 344 g/mol. The molecule has 2 rings (SSSR count). The maximum atomic E-state index is 14.2. The van der Waals surface area contributed by atoms with Crippen LogP contribution in [0, 0.1) is 5.82 Å². The zero-order chi connectivity index (χ0) is 14.7. The highest BCUT2D eigenvalue weighted by Crippen LogP contribution is 2.31. The molecule has 3 nitrogen and oxygen atoms in total. The van der Waals surface area contributed by atoms with Gasteiger partial charge >= 0.3 is 0 Å². The van der Waals surface area contributed by atoms with Gasteiger partial charge in [0.15, 0.2) is 0 Å². The largest absolute Gasteiger partial charge is 0.329 e. The molecule has 0 aromatic heterocycles. The van der Waals surface area contributed by atoms with Gasteiger partial charge in [-0.05, 0) is 45.6 Å². The molecule has 1 aromatic carbocycles. The van der Waals surface area contributed by atoms with Crippen LogP contribution in [0.5, 0.6) is 0 Å². The van der Waals surface area contributed by atoms with Crippen LogP contribution in [0.15, 0.2) is 22.7 Å². The Labute approximate surface area is 129 Å². The standard InChI is InChI=1S/C15H23BrFN3/c1-19(2)10-12-4-3-7-20(12)15(9-18)13-6-5-11(16)8-14(13)17/h5-6,8,12,15H,3-4,7,9-10,18H2,1-2H3. The first kappa shape index (κ1) is 15.9. The van der Waals surface area contributed by atoms with E-state index < -0.39 is 0 Å². The van der Waals surface area contributed by atoms with E-state index in [2.05, 4.69) is 39.8 Å². The van der Waals surface area contributed by atoms with Gasteiger partial charge in [0.25, 0.3) is 0 Å². The average Bonchev–Trinajstić information content (AvgIpc) is 2.80. The molecule has 1 aliphatic rings. The molecule has 112 valence electrons. The highest BCUT2D eigenvalue weighted by molar-refractivity contribution is 9.10. The van der Waals surface area contributed by atoms with Crippen LogP contribution in [0.1, 0.15) is 24.4 Å². The molecule has 2 unspecified atom stereocenters. The molecule has 0 bridgehead atoms. The van der Waals surface area contributed by atoms with Gasteiger partial charge in [-0.2, -0.15) is 0 Å². The molecule has 0 amide bonds. The zero-order valence-electron chi connectivity index (χ0n) is 12.1. The van der Waals surface area contributed by atoms with Crippen molar-refractivity contribution in [3.8, 4) is 0 Å². The number of hydrogen-bond donors (Lipinski definition) is 1. The Morgan fingerprint density at radius 1 is 1.50 bits per heavy atom. The van der Waals surface area contributed by atoms with E-state index in [1.54, 1.807) is 0 Å². The zero-order valence-corrected chi connectivity index (χ0v) is 13.7. The summed E-state index contributed by atoms with van der Waals surface area (Å²) in [5, 5.41) is 0. The number of likely N-dealkylation sites (tertiary alicyclic amines) is 1. The smallest absolute Gasteiger partial charge is 0.129 e. The number of nitrogens with two attached hydrogens (primary N) is 1. The first-order chi connectivity index (χ1) is 9.52. The van der Waals surface area contributed by atoms with E-state index in [0.29, 0.717) is 18.2 Å². The number of rotatable bonds is 5. The van der Waals surface area contributed by atoms with Gasteiger partial charge in [-0.15, -0.1) is 0 Å². The lowest BCUT2D eigenvalue weighted by molar-refractivity contribution is 0.153. The lowest BCUT2D eigenvalue weighted by atomic mass is 10.0. The molecule has 1 heterocycles. The van der Waals surface area contributed by atoms with Crippen LogP contribution in [0.25, 0.3) is 0 Å².